The molecule has 0 N–H and O–H groups in total. The van der Waals surface area contributed by atoms with Crippen LogP contribution in [0.1, 0.15) is 42.8 Å². The van der Waals surface area contributed by atoms with E-state index >= 15 is 0 Å². The Morgan fingerprint density at radius 2 is 2.06 bits per heavy atom. The van der Waals surface area contributed by atoms with E-state index in [1.54, 1.807) is 38.4 Å². The number of amides is 1. The van der Waals surface area contributed by atoms with Gasteiger partial charge in [-0.1, -0.05) is 36.3 Å². The van der Waals surface area contributed by atoms with Gasteiger partial charge in [0.25, 0.3) is 5.91 Å². The van der Waals surface area contributed by atoms with Gasteiger partial charge in [-0.05, 0) is 49.8 Å². The number of carbonyl (C=O) groups excluding carboxylic acids is 1. The summed E-state index contributed by atoms with van der Waals surface area (Å²) in [7, 11) is 0. The maximum absolute atomic E-state index is 13.8. The molecule has 1 saturated heterocycles. The standard InChI is InChI=1S/C28H25FN4O2/c1-3-5-26(34)32-14-4-6-24(32)28-31-27(25-17-30-13-15-33(25)28)21-10-8-20(9-11-21)18-35-22-12-7-19(2)23(29)16-22/h7-13,15-17,24H,4,6,14,18H2,1-2H3/t24-/m0/s1. The molecule has 6 nitrogen and oxygen atoms in total. The minimum absolute atomic E-state index is 0.130. The van der Waals surface area contributed by atoms with Gasteiger partial charge >= 0.3 is 0 Å². The highest BCUT2D eigenvalue weighted by Crippen LogP contribution is 2.35. The van der Waals surface area contributed by atoms with Crippen molar-refractivity contribution >= 4 is 11.4 Å². The van der Waals surface area contributed by atoms with Crippen LogP contribution < -0.4 is 4.74 Å². The number of hydrogen-bond donors (Lipinski definition) is 0. The van der Waals surface area contributed by atoms with Crippen LogP contribution in [0, 0.1) is 24.6 Å². The van der Waals surface area contributed by atoms with Crippen molar-refractivity contribution < 1.29 is 13.9 Å². The summed E-state index contributed by atoms with van der Waals surface area (Å²) in [6, 6.07) is 12.7. The average Bonchev–Trinajstić information content (AvgIpc) is 3.50. The normalized spacial score (nSPS) is 15.2. The molecule has 0 bridgehead atoms. The largest absolute Gasteiger partial charge is 0.489 e. The molecule has 0 aliphatic carbocycles. The number of halogens is 1. The van der Waals surface area contributed by atoms with Gasteiger partial charge in [0.2, 0.25) is 0 Å². The Morgan fingerprint density at radius 3 is 2.83 bits per heavy atom. The lowest BCUT2D eigenvalue weighted by atomic mass is 10.1. The van der Waals surface area contributed by atoms with Gasteiger partial charge in [-0.25, -0.2) is 9.37 Å². The molecular formula is C28H25FN4O2. The molecule has 0 unspecified atom stereocenters. The third-order valence-corrected chi connectivity index (χ3v) is 6.29. The van der Waals surface area contributed by atoms with Crippen LogP contribution in [0.25, 0.3) is 16.8 Å². The van der Waals surface area contributed by atoms with Crippen molar-refractivity contribution in [2.24, 2.45) is 0 Å². The van der Waals surface area contributed by atoms with Crippen LogP contribution in [-0.4, -0.2) is 31.7 Å². The Balaban J connectivity index is 1.41. The van der Waals surface area contributed by atoms with E-state index in [4.69, 9.17) is 9.72 Å². The van der Waals surface area contributed by atoms with E-state index in [0.29, 0.717) is 24.5 Å². The number of likely N-dealkylation sites (tertiary alicyclic amines) is 1. The third-order valence-electron chi connectivity index (χ3n) is 6.29. The topological polar surface area (TPSA) is 59.7 Å². The van der Waals surface area contributed by atoms with E-state index in [1.807, 2.05) is 39.8 Å². The number of aromatic nitrogens is 3. The lowest BCUT2D eigenvalue weighted by Gasteiger charge is -2.21. The van der Waals surface area contributed by atoms with E-state index in [0.717, 1.165) is 41.0 Å². The quantitative estimate of drug-likeness (QED) is 0.382. The first kappa shape index (κ1) is 22.6. The maximum Gasteiger partial charge on any atom is 0.299 e. The number of imidazole rings is 1. The molecule has 1 aliphatic rings. The van der Waals surface area contributed by atoms with Crippen molar-refractivity contribution in [1.29, 1.82) is 0 Å². The minimum Gasteiger partial charge on any atom is -0.489 e. The molecule has 35 heavy (non-hydrogen) atoms. The number of aryl methyl sites for hydroxylation is 1. The molecule has 2 aromatic carbocycles. The fourth-order valence-electron chi connectivity index (χ4n) is 4.46. The van der Waals surface area contributed by atoms with Crippen molar-refractivity contribution in [3.05, 3.63) is 83.8 Å². The van der Waals surface area contributed by atoms with Crippen molar-refractivity contribution in [2.75, 3.05) is 6.54 Å². The molecule has 3 heterocycles. The van der Waals surface area contributed by atoms with Crippen LogP contribution in [0.4, 0.5) is 4.39 Å². The molecule has 1 fully saturated rings. The summed E-state index contributed by atoms with van der Waals surface area (Å²) in [6.07, 6.45) is 7.16. The summed E-state index contributed by atoms with van der Waals surface area (Å²) in [5.41, 5.74) is 4.18. The number of rotatable bonds is 5. The molecule has 2 aromatic heterocycles. The zero-order chi connectivity index (χ0) is 24.4. The molecule has 1 aliphatic heterocycles. The predicted molar refractivity (Wildman–Crippen MR) is 131 cm³/mol. The van der Waals surface area contributed by atoms with Crippen molar-refractivity contribution in [3.8, 4) is 28.8 Å². The van der Waals surface area contributed by atoms with E-state index in [-0.39, 0.29) is 17.8 Å². The van der Waals surface area contributed by atoms with Gasteiger partial charge in [0.1, 0.15) is 24.0 Å². The fraction of sp³-hybridized carbons (Fsp3) is 0.250. The summed E-state index contributed by atoms with van der Waals surface area (Å²) in [6.45, 7) is 4.40. The second kappa shape index (κ2) is 9.59. The van der Waals surface area contributed by atoms with Gasteiger partial charge in [-0.15, -0.1) is 0 Å². The van der Waals surface area contributed by atoms with Crippen LogP contribution in [0.15, 0.2) is 61.1 Å². The fourth-order valence-corrected chi connectivity index (χ4v) is 4.46. The van der Waals surface area contributed by atoms with Gasteiger partial charge in [-0.3, -0.25) is 14.2 Å². The Bertz CT molecular complexity index is 1450. The first-order chi connectivity index (χ1) is 17.0. The van der Waals surface area contributed by atoms with E-state index in [1.165, 1.54) is 6.07 Å². The molecule has 0 spiro atoms. The smallest absolute Gasteiger partial charge is 0.299 e. The Hall–Kier alpha value is -4.18. The highest BCUT2D eigenvalue weighted by atomic mass is 19.1. The lowest BCUT2D eigenvalue weighted by molar-refractivity contribution is -0.126. The molecule has 0 radical (unpaired) electrons. The van der Waals surface area contributed by atoms with Gasteiger partial charge in [0.05, 0.1) is 23.4 Å². The zero-order valence-electron chi connectivity index (χ0n) is 19.7. The summed E-state index contributed by atoms with van der Waals surface area (Å²) in [5.74, 6) is 6.24. The third kappa shape index (κ3) is 4.47. The number of benzene rings is 2. The highest BCUT2D eigenvalue weighted by Gasteiger charge is 2.33. The highest BCUT2D eigenvalue weighted by molar-refractivity contribution is 5.94. The molecule has 0 saturated carbocycles. The van der Waals surface area contributed by atoms with Crippen molar-refractivity contribution in [1.82, 2.24) is 19.3 Å². The van der Waals surface area contributed by atoms with E-state index < -0.39 is 0 Å². The number of carbonyl (C=O) groups is 1. The molecule has 176 valence electrons. The van der Waals surface area contributed by atoms with Crippen LogP contribution in [0.5, 0.6) is 5.75 Å². The Morgan fingerprint density at radius 1 is 1.23 bits per heavy atom. The Labute approximate surface area is 203 Å². The van der Waals surface area contributed by atoms with E-state index in [9.17, 15) is 9.18 Å². The number of nitrogens with zero attached hydrogens (tertiary/aromatic N) is 4. The molecular weight excluding hydrogens is 443 g/mol. The van der Waals surface area contributed by atoms with Crippen LogP contribution in [0.2, 0.25) is 0 Å². The molecule has 4 aromatic rings. The van der Waals surface area contributed by atoms with Gasteiger partial charge in [0, 0.05) is 30.6 Å². The van der Waals surface area contributed by atoms with E-state index in [2.05, 4.69) is 16.8 Å². The molecule has 1 atom stereocenters. The Kier molecular flexibility index (Phi) is 6.19. The predicted octanol–water partition coefficient (Wildman–Crippen LogP) is 5.11. The minimum atomic E-state index is -0.279. The SMILES string of the molecule is CC#CC(=O)N1CCC[C@H]1c1nc(-c2ccc(COc3ccc(C)c(F)c3)cc2)c2cnccn12. The molecule has 7 heteroatoms. The molecule has 5 rings (SSSR count). The van der Waals surface area contributed by atoms with Crippen molar-refractivity contribution in [3.63, 3.8) is 0 Å². The number of fused-ring (bicyclic) bond motifs is 1. The van der Waals surface area contributed by atoms with Crippen LogP contribution >= 0.6 is 0 Å². The first-order valence-electron chi connectivity index (χ1n) is 11.6. The maximum atomic E-state index is 13.8. The van der Waals surface area contributed by atoms with Gasteiger partial charge in [0.15, 0.2) is 0 Å². The van der Waals surface area contributed by atoms with Gasteiger partial charge < -0.3 is 9.64 Å². The number of ether oxygens (including phenoxy) is 1. The monoisotopic (exact) mass is 468 g/mol. The number of hydrogen-bond acceptors (Lipinski definition) is 4. The van der Waals surface area contributed by atoms with Crippen LogP contribution in [0.3, 0.4) is 0 Å². The zero-order valence-corrected chi connectivity index (χ0v) is 19.7. The van der Waals surface area contributed by atoms with Gasteiger partial charge in [-0.2, -0.15) is 0 Å². The summed E-state index contributed by atoms with van der Waals surface area (Å²) >= 11 is 0. The molecule has 1 amide bonds. The summed E-state index contributed by atoms with van der Waals surface area (Å²) in [4.78, 5) is 23.6. The van der Waals surface area contributed by atoms with Crippen LogP contribution in [-0.2, 0) is 11.4 Å². The summed E-state index contributed by atoms with van der Waals surface area (Å²) < 4.78 is 21.5. The second-order valence-corrected chi connectivity index (χ2v) is 8.58. The summed E-state index contributed by atoms with van der Waals surface area (Å²) in [5, 5.41) is 0. The average molecular weight is 469 g/mol. The first-order valence-corrected chi connectivity index (χ1v) is 11.6. The second-order valence-electron chi connectivity index (χ2n) is 8.58. The lowest BCUT2D eigenvalue weighted by Crippen LogP contribution is -2.30. The van der Waals surface area contributed by atoms with Crippen molar-refractivity contribution in [2.45, 2.75) is 39.3 Å².